The first-order chi connectivity index (χ1) is 14.7. The number of hydrogen-bond acceptors (Lipinski definition) is 5. The van der Waals surface area contributed by atoms with E-state index < -0.39 is 22.0 Å². The summed E-state index contributed by atoms with van der Waals surface area (Å²) in [5.74, 6) is -0.470. The minimum Gasteiger partial charge on any atom is -0.497 e. The summed E-state index contributed by atoms with van der Waals surface area (Å²) < 4.78 is 31.5. The Balaban J connectivity index is 2.39. The Morgan fingerprint density at radius 1 is 1.19 bits per heavy atom. The highest BCUT2D eigenvalue weighted by atomic mass is 32.2. The van der Waals surface area contributed by atoms with E-state index in [1.807, 2.05) is 0 Å². The van der Waals surface area contributed by atoms with Crippen molar-refractivity contribution in [1.82, 2.24) is 5.32 Å². The maximum absolute atomic E-state index is 13.2. The molecule has 31 heavy (non-hydrogen) atoms. The summed E-state index contributed by atoms with van der Waals surface area (Å²) in [7, 11) is -2.33. The molecule has 0 spiro atoms. The van der Waals surface area contributed by atoms with Crippen molar-refractivity contribution in [2.24, 2.45) is 0 Å². The van der Waals surface area contributed by atoms with Gasteiger partial charge in [0.05, 0.1) is 30.3 Å². The molecule has 2 aromatic rings. The Bertz CT molecular complexity index is 1050. The van der Waals surface area contributed by atoms with Gasteiger partial charge in [-0.3, -0.25) is 13.9 Å². The predicted molar refractivity (Wildman–Crippen MR) is 122 cm³/mol. The first kappa shape index (κ1) is 23.9. The van der Waals surface area contributed by atoms with Crippen LogP contribution in [0.4, 0.5) is 11.4 Å². The van der Waals surface area contributed by atoms with Gasteiger partial charge in [-0.2, -0.15) is 0 Å². The molecule has 166 valence electrons. The molecular weight excluding hydrogens is 418 g/mol. The molecule has 0 saturated carbocycles. The van der Waals surface area contributed by atoms with Gasteiger partial charge in [0.2, 0.25) is 15.9 Å². The number of methoxy groups -OCH3 is 1. The lowest BCUT2D eigenvalue weighted by Crippen LogP contribution is -2.47. The Hall–Kier alpha value is -3.33. The number of ether oxygens (including phenoxy) is 1. The topological polar surface area (TPSA) is 105 Å². The molecule has 0 aromatic heterocycles. The fraction of sp³-hybridized carbons (Fsp3) is 0.273. The van der Waals surface area contributed by atoms with Gasteiger partial charge in [0.1, 0.15) is 11.8 Å². The molecule has 0 fully saturated rings. The Morgan fingerprint density at radius 2 is 1.90 bits per heavy atom. The van der Waals surface area contributed by atoms with Crippen LogP contribution in [0.5, 0.6) is 5.75 Å². The van der Waals surface area contributed by atoms with Crippen molar-refractivity contribution in [1.29, 1.82) is 0 Å². The second-order valence-electron chi connectivity index (χ2n) is 6.72. The molecular formula is C22H27N3O5S. The second-order valence-corrected chi connectivity index (χ2v) is 8.58. The van der Waals surface area contributed by atoms with Gasteiger partial charge in [-0.1, -0.05) is 31.2 Å². The fourth-order valence-electron chi connectivity index (χ4n) is 3.07. The summed E-state index contributed by atoms with van der Waals surface area (Å²) >= 11 is 0. The fourth-order valence-corrected chi connectivity index (χ4v) is 4.28. The number of amides is 2. The van der Waals surface area contributed by atoms with E-state index in [1.54, 1.807) is 61.5 Å². The lowest BCUT2D eigenvalue weighted by atomic mass is 10.1. The number of anilines is 2. The van der Waals surface area contributed by atoms with Gasteiger partial charge < -0.3 is 15.4 Å². The van der Waals surface area contributed by atoms with E-state index in [4.69, 9.17) is 4.74 Å². The van der Waals surface area contributed by atoms with Crippen molar-refractivity contribution in [2.45, 2.75) is 19.4 Å². The molecule has 2 aromatic carbocycles. The van der Waals surface area contributed by atoms with Crippen LogP contribution in [0.3, 0.4) is 0 Å². The third kappa shape index (κ3) is 6.08. The van der Waals surface area contributed by atoms with E-state index in [-0.39, 0.29) is 30.1 Å². The summed E-state index contributed by atoms with van der Waals surface area (Å²) in [5.41, 5.74) is 0.854. The molecule has 0 aliphatic rings. The highest BCUT2D eigenvalue weighted by Gasteiger charge is 2.32. The van der Waals surface area contributed by atoms with Gasteiger partial charge >= 0.3 is 0 Å². The van der Waals surface area contributed by atoms with E-state index in [0.717, 1.165) is 10.6 Å². The molecule has 2 N–H and O–H groups in total. The molecule has 9 heteroatoms. The lowest BCUT2D eigenvalue weighted by Gasteiger charge is -2.30. The SMILES string of the molecule is C=CCNC(=O)c1ccccc1NC(=O)[C@@H](CC)N(c1cccc(OC)c1)S(C)(=O)=O. The maximum Gasteiger partial charge on any atom is 0.253 e. The minimum absolute atomic E-state index is 0.209. The zero-order valence-corrected chi connectivity index (χ0v) is 18.6. The van der Waals surface area contributed by atoms with Crippen LogP contribution in [-0.2, 0) is 14.8 Å². The van der Waals surface area contributed by atoms with E-state index in [2.05, 4.69) is 17.2 Å². The summed E-state index contributed by atoms with van der Waals surface area (Å²) in [6.45, 7) is 5.55. The smallest absolute Gasteiger partial charge is 0.253 e. The summed E-state index contributed by atoms with van der Waals surface area (Å²) in [4.78, 5) is 25.6. The largest absolute Gasteiger partial charge is 0.497 e. The molecule has 0 unspecified atom stereocenters. The van der Waals surface area contributed by atoms with Crippen molar-refractivity contribution in [3.63, 3.8) is 0 Å². The Labute approximate surface area is 183 Å². The van der Waals surface area contributed by atoms with Gasteiger partial charge in [0.25, 0.3) is 5.91 Å². The van der Waals surface area contributed by atoms with Crippen molar-refractivity contribution in [3.05, 3.63) is 66.7 Å². The van der Waals surface area contributed by atoms with Crippen molar-refractivity contribution in [2.75, 3.05) is 29.5 Å². The first-order valence-corrected chi connectivity index (χ1v) is 11.5. The summed E-state index contributed by atoms with van der Waals surface area (Å²) in [6.07, 6.45) is 2.80. The number of hydrogen-bond donors (Lipinski definition) is 2. The average Bonchev–Trinajstić information content (AvgIpc) is 2.75. The van der Waals surface area contributed by atoms with E-state index >= 15 is 0 Å². The number of carbonyl (C=O) groups excluding carboxylic acids is 2. The van der Waals surface area contributed by atoms with E-state index in [1.165, 1.54) is 7.11 Å². The van der Waals surface area contributed by atoms with Crippen LogP contribution >= 0.6 is 0 Å². The standard InChI is InChI=1S/C22H27N3O5S/c1-5-14-23-21(26)18-12-7-8-13-19(18)24-22(27)20(6-2)25(31(4,28)29)16-10-9-11-17(15-16)30-3/h5,7-13,15,20H,1,6,14H2,2-4H3,(H,23,26)(H,24,27)/t20-/m1/s1. The number of carbonyl (C=O) groups is 2. The van der Waals surface area contributed by atoms with Crippen LogP contribution in [0.1, 0.15) is 23.7 Å². The molecule has 0 aliphatic heterocycles. The van der Waals surface area contributed by atoms with Crippen LogP contribution in [-0.4, -0.2) is 46.2 Å². The zero-order valence-electron chi connectivity index (χ0n) is 17.8. The number of sulfonamides is 1. The summed E-state index contributed by atoms with van der Waals surface area (Å²) in [5, 5.41) is 5.37. The van der Waals surface area contributed by atoms with Gasteiger partial charge in [0.15, 0.2) is 0 Å². The van der Waals surface area contributed by atoms with Crippen molar-refractivity contribution in [3.8, 4) is 5.75 Å². The number of benzene rings is 2. The highest BCUT2D eigenvalue weighted by molar-refractivity contribution is 7.92. The molecule has 0 aliphatic carbocycles. The molecule has 2 amide bonds. The maximum atomic E-state index is 13.2. The van der Waals surface area contributed by atoms with Crippen LogP contribution in [0.25, 0.3) is 0 Å². The van der Waals surface area contributed by atoms with Gasteiger partial charge in [0, 0.05) is 12.6 Å². The normalized spacial score (nSPS) is 11.8. The Morgan fingerprint density at radius 3 is 2.52 bits per heavy atom. The molecule has 0 bridgehead atoms. The number of rotatable bonds is 10. The molecule has 8 nitrogen and oxygen atoms in total. The van der Waals surface area contributed by atoms with Crippen LogP contribution in [0, 0.1) is 0 Å². The van der Waals surface area contributed by atoms with Gasteiger partial charge in [-0.15, -0.1) is 6.58 Å². The third-order valence-corrected chi connectivity index (χ3v) is 5.65. The van der Waals surface area contributed by atoms with E-state index in [0.29, 0.717) is 11.4 Å². The van der Waals surface area contributed by atoms with E-state index in [9.17, 15) is 18.0 Å². The second kappa shape index (κ2) is 10.6. The first-order valence-electron chi connectivity index (χ1n) is 9.65. The Kier molecular flexibility index (Phi) is 8.21. The van der Waals surface area contributed by atoms with Gasteiger partial charge in [-0.05, 0) is 30.7 Å². The summed E-state index contributed by atoms with van der Waals surface area (Å²) in [6, 6.07) is 12.0. The highest BCUT2D eigenvalue weighted by Crippen LogP contribution is 2.27. The van der Waals surface area contributed by atoms with Crippen molar-refractivity contribution >= 4 is 33.2 Å². The lowest BCUT2D eigenvalue weighted by molar-refractivity contribution is -0.117. The number of nitrogens with zero attached hydrogens (tertiary/aromatic N) is 1. The molecule has 0 saturated heterocycles. The molecule has 0 radical (unpaired) electrons. The minimum atomic E-state index is -3.80. The molecule has 0 heterocycles. The zero-order chi connectivity index (χ0) is 23.0. The monoisotopic (exact) mass is 445 g/mol. The van der Waals surface area contributed by atoms with Gasteiger partial charge in [-0.25, -0.2) is 8.42 Å². The van der Waals surface area contributed by atoms with Crippen LogP contribution in [0.15, 0.2) is 61.2 Å². The third-order valence-electron chi connectivity index (χ3n) is 4.47. The predicted octanol–water partition coefficient (Wildman–Crippen LogP) is 2.79. The quantitative estimate of drug-likeness (QED) is 0.547. The molecule has 2 rings (SSSR count). The van der Waals surface area contributed by atoms with Crippen molar-refractivity contribution < 1.29 is 22.7 Å². The average molecular weight is 446 g/mol. The van der Waals surface area contributed by atoms with Crippen LogP contribution in [0.2, 0.25) is 0 Å². The molecule has 1 atom stereocenters. The number of para-hydroxylation sites is 1. The van der Waals surface area contributed by atoms with Crippen LogP contribution < -0.4 is 19.7 Å². The number of nitrogens with one attached hydrogen (secondary N) is 2.